The Hall–Kier alpha value is -3.46. The topological polar surface area (TPSA) is 117 Å². The van der Waals surface area contributed by atoms with Crippen LogP contribution in [0.3, 0.4) is 0 Å². The highest BCUT2D eigenvalue weighted by atomic mass is 79.9. The summed E-state index contributed by atoms with van der Waals surface area (Å²) in [5.41, 5.74) is 0.837. The lowest BCUT2D eigenvalue weighted by atomic mass is 9.93. The lowest BCUT2D eigenvalue weighted by Crippen LogP contribution is -2.40. The van der Waals surface area contributed by atoms with Gasteiger partial charge < -0.3 is 19.7 Å². The maximum absolute atomic E-state index is 13.5. The number of aliphatic carboxylic acids is 1. The SMILES string of the molecule is O=C(O)CCCC(=O)N1CCC(Cn2c(C(=O)O)c(-c3ccccc3)c3cc(Br)ccc3c2=O)CC1. The Bertz CT molecular complexity index is 1360. The third-order valence-corrected chi connectivity index (χ3v) is 7.18. The molecule has 1 aliphatic heterocycles. The first-order chi connectivity index (χ1) is 17.3. The molecule has 4 rings (SSSR count). The number of rotatable bonds is 8. The minimum Gasteiger partial charge on any atom is -0.481 e. The summed E-state index contributed by atoms with van der Waals surface area (Å²) in [5, 5.41) is 20.1. The number of nitrogens with zero attached hydrogens (tertiary/aromatic N) is 2. The van der Waals surface area contributed by atoms with Crippen LogP contribution in [-0.2, 0) is 16.1 Å². The zero-order valence-corrected chi connectivity index (χ0v) is 21.2. The number of aromatic carboxylic acids is 1. The first-order valence-corrected chi connectivity index (χ1v) is 12.7. The van der Waals surface area contributed by atoms with Crippen LogP contribution in [0.2, 0.25) is 0 Å². The number of amides is 1. The molecule has 0 aliphatic carbocycles. The van der Waals surface area contributed by atoms with Gasteiger partial charge in [0.15, 0.2) is 0 Å². The van der Waals surface area contributed by atoms with Crippen LogP contribution >= 0.6 is 15.9 Å². The molecule has 0 spiro atoms. The summed E-state index contributed by atoms with van der Waals surface area (Å²) in [7, 11) is 0. The van der Waals surface area contributed by atoms with Crippen LogP contribution in [0.15, 0.2) is 57.8 Å². The molecule has 9 heteroatoms. The smallest absolute Gasteiger partial charge is 0.353 e. The molecule has 0 unspecified atom stereocenters. The number of hydrogen-bond acceptors (Lipinski definition) is 4. The fourth-order valence-electron chi connectivity index (χ4n) is 4.88. The maximum atomic E-state index is 13.5. The number of carbonyl (C=O) groups is 3. The van der Waals surface area contributed by atoms with Crippen LogP contribution in [0.5, 0.6) is 0 Å². The highest BCUT2D eigenvalue weighted by molar-refractivity contribution is 9.10. The van der Waals surface area contributed by atoms with E-state index in [1.54, 1.807) is 23.1 Å². The van der Waals surface area contributed by atoms with E-state index >= 15 is 0 Å². The second-order valence-electron chi connectivity index (χ2n) is 9.07. The largest absolute Gasteiger partial charge is 0.481 e. The first kappa shape index (κ1) is 25.6. The van der Waals surface area contributed by atoms with Gasteiger partial charge in [-0.2, -0.15) is 0 Å². The zero-order valence-electron chi connectivity index (χ0n) is 19.7. The number of pyridine rings is 1. The van der Waals surface area contributed by atoms with Crippen LogP contribution in [0.4, 0.5) is 0 Å². The van der Waals surface area contributed by atoms with Gasteiger partial charge in [0.05, 0.1) is 0 Å². The van der Waals surface area contributed by atoms with Crippen molar-refractivity contribution in [3.05, 3.63) is 69.1 Å². The van der Waals surface area contributed by atoms with E-state index in [1.165, 1.54) is 4.57 Å². The average Bonchev–Trinajstić information content (AvgIpc) is 2.85. The molecular formula is C27H27BrN2O6. The third kappa shape index (κ3) is 5.51. The third-order valence-electron chi connectivity index (χ3n) is 6.69. The average molecular weight is 555 g/mol. The predicted molar refractivity (Wildman–Crippen MR) is 139 cm³/mol. The van der Waals surface area contributed by atoms with Crippen molar-refractivity contribution in [1.29, 1.82) is 0 Å². The van der Waals surface area contributed by atoms with E-state index in [0.29, 0.717) is 54.3 Å². The zero-order chi connectivity index (χ0) is 25.8. The standard InChI is InChI=1S/C27H27BrN2O6/c28-19-9-10-20-21(15-19)24(18-5-2-1-3-6-18)25(27(35)36)30(26(20)34)16-17-11-13-29(14-12-17)22(31)7-4-8-23(32)33/h1-3,5-6,9-10,15,17H,4,7-8,11-14,16H2,(H,32,33)(H,35,36). The molecule has 36 heavy (non-hydrogen) atoms. The Balaban J connectivity index is 1.65. The Morgan fingerprint density at radius 2 is 1.64 bits per heavy atom. The summed E-state index contributed by atoms with van der Waals surface area (Å²) in [6.07, 6.45) is 1.73. The molecule has 2 heterocycles. The Kier molecular flexibility index (Phi) is 7.88. The Labute approximate surface area is 216 Å². The van der Waals surface area contributed by atoms with E-state index in [1.807, 2.05) is 30.3 Å². The number of benzene rings is 2. The lowest BCUT2D eigenvalue weighted by molar-refractivity contribution is -0.137. The summed E-state index contributed by atoms with van der Waals surface area (Å²) >= 11 is 3.45. The normalized spacial score (nSPS) is 14.2. The summed E-state index contributed by atoms with van der Waals surface area (Å²) in [5.74, 6) is -2.13. The quantitative estimate of drug-likeness (QED) is 0.419. The van der Waals surface area contributed by atoms with Gasteiger partial charge in [-0.15, -0.1) is 0 Å². The fraction of sp³-hybridized carbons (Fsp3) is 0.333. The molecule has 1 saturated heterocycles. The van der Waals surface area contributed by atoms with Gasteiger partial charge in [0.2, 0.25) is 5.91 Å². The number of aromatic nitrogens is 1. The van der Waals surface area contributed by atoms with Crippen molar-refractivity contribution in [3.8, 4) is 11.1 Å². The molecule has 8 nitrogen and oxygen atoms in total. The van der Waals surface area contributed by atoms with Crippen molar-refractivity contribution in [3.63, 3.8) is 0 Å². The molecule has 0 atom stereocenters. The van der Waals surface area contributed by atoms with Crippen LogP contribution in [0, 0.1) is 5.92 Å². The summed E-state index contributed by atoms with van der Waals surface area (Å²) in [6.45, 7) is 1.24. The van der Waals surface area contributed by atoms with Gasteiger partial charge in [0, 0.05) is 47.9 Å². The van der Waals surface area contributed by atoms with Gasteiger partial charge in [-0.3, -0.25) is 14.4 Å². The summed E-state index contributed by atoms with van der Waals surface area (Å²) < 4.78 is 2.14. The molecule has 1 amide bonds. The van der Waals surface area contributed by atoms with Gasteiger partial charge in [-0.05, 0) is 54.3 Å². The number of carboxylic acids is 2. The minimum absolute atomic E-state index is 0.0281. The van der Waals surface area contributed by atoms with Gasteiger partial charge in [-0.25, -0.2) is 4.79 Å². The molecule has 2 N–H and O–H groups in total. The molecule has 3 aromatic rings. The van der Waals surface area contributed by atoms with Crippen molar-refractivity contribution >= 4 is 44.5 Å². The molecule has 1 aromatic heterocycles. The minimum atomic E-state index is -1.17. The monoisotopic (exact) mass is 554 g/mol. The van der Waals surface area contributed by atoms with Gasteiger partial charge in [-0.1, -0.05) is 46.3 Å². The van der Waals surface area contributed by atoms with E-state index in [4.69, 9.17) is 5.11 Å². The molecular weight excluding hydrogens is 528 g/mol. The van der Waals surface area contributed by atoms with Crippen molar-refractivity contribution in [2.45, 2.75) is 38.6 Å². The highest BCUT2D eigenvalue weighted by Gasteiger charge is 2.27. The summed E-state index contributed by atoms with van der Waals surface area (Å²) in [4.78, 5) is 50.9. The van der Waals surface area contributed by atoms with Crippen LogP contribution in [0.25, 0.3) is 21.9 Å². The van der Waals surface area contributed by atoms with E-state index in [2.05, 4.69) is 15.9 Å². The summed E-state index contributed by atoms with van der Waals surface area (Å²) in [6, 6.07) is 14.5. The molecule has 0 saturated carbocycles. The number of fused-ring (bicyclic) bond motifs is 1. The number of piperidine rings is 1. The van der Waals surface area contributed by atoms with Crippen molar-refractivity contribution in [1.82, 2.24) is 9.47 Å². The molecule has 2 aromatic carbocycles. The highest BCUT2D eigenvalue weighted by Crippen LogP contribution is 2.33. The predicted octanol–water partition coefficient (Wildman–Crippen LogP) is 4.62. The molecule has 1 aliphatic rings. The van der Waals surface area contributed by atoms with Crippen LogP contribution in [0.1, 0.15) is 42.6 Å². The van der Waals surface area contributed by atoms with Crippen LogP contribution in [-0.4, -0.2) is 50.6 Å². The molecule has 0 radical (unpaired) electrons. The van der Waals surface area contributed by atoms with E-state index in [0.717, 1.165) is 4.47 Å². The number of hydrogen-bond donors (Lipinski definition) is 2. The van der Waals surface area contributed by atoms with Crippen molar-refractivity contribution < 1.29 is 24.6 Å². The van der Waals surface area contributed by atoms with Crippen LogP contribution < -0.4 is 5.56 Å². The molecule has 0 bridgehead atoms. The Morgan fingerprint density at radius 1 is 0.944 bits per heavy atom. The Morgan fingerprint density at radius 3 is 2.28 bits per heavy atom. The number of carbonyl (C=O) groups excluding carboxylic acids is 1. The van der Waals surface area contributed by atoms with Crippen molar-refractivity contribution in [2.24, 2.45) is 5.92 Å². The van der Waals surface area contributed by atoms with Gasteiger partial charge in [0.25, 0.3) is 5.56 Å². The van der Waals surface area contributed by atoms with E-state index < -0.39 is 11.9 Å². The number of likely N-dealkylation sites (tertiary alicyclic amines) is 1. The first-order valence-electron chi connectivity index (χ1n) is 11.9. The number of carboxylic acid groups (broad SMARTS) is 2. The maximum Gasteiger partial charge on any atom is 0.353 e. The lowest BCUT2D eigenvalue weighted by Gasteiger charge is -2.33. The van der Waals surface area contributed by atoms with Crippen molar-refractivity contribution in [2.75, 3.05) is 13.1 Å². The fourth-order valence-corrected chi connectivity index (χ4v) is 5.25. The second kappa shape index (κ2) is 11.1. The van der Waals surface area contributed by atoms with E-state index in [-0.39, 0.29) is 42.5 Å². The van der Waals surface area contributed by atoms with E-state index in [9.17, 15) is 24.3 Å². The molecule has 1 fully saturated rings. The second-order valence-corrected chi connectivity index (χ2v) is 9.99. The van der Waals surface area contributed by atoms with Gasteiger partial charge >= 0.3 is 11.9 Å². The van der Waals surface area contributed by atoms with Gasteiger partial charge in [0.1, 0.15) is 5.69 Å². The molecule has 188 valence electrons. The number of halogens is 1.